The second-order valence-corrected chi connectivity index (χ2v) is 10.2. The highest BCUT2D eigenvalue weighted by molar-refractivity contribution is 7.99. The number of rotatable bonds is 8. The number of amides is 1. The summed E-state index contributed by atoms with van der Waals surface area (Å²) in [6.45, 7) is 0.113. The van der Waals surface area contributed by atoms with E-state index in [9.17, 15) is 17.6 Å². The number of nitriles is 1. The van der Waals surface area contributed by atoms with E-state index in [4.69, 9.17) is 16.7 Å². The van der Waals surface area contributed by atoms with Crippen molar-refractivity contribution >= 4 is 40.4 Å². The summed E-state index contributed by atoms with van der Waals surface area (Å²) in [5, 5.41) is 7.62. The van der Waals surface area contributed by atoms with Crippen LogP contribution in [0.15, 0.2) is 23.1 Å². The molecule has 1 aliphatic rings. The number of hydrogen-bond acceptors (Lipinski definition) is 8. The Kier molecular flexibility index (Phi) is 11.7. The molecular weight excluding hydrogens is 449 g/mol. The summed E-state index contributed by atoms with van der Waals surface area (Å²) in [5.74, 6) is 0.0929. The van der Waals surface area contributed by atoms with Gasteiger partial charge in [-0.1, -0.05) is 18.9 Å². The average Bonchev–Trinajstić information content (AvgIpc) is 2.70. The number of thioether (sulfide) groups is 1. The molecule has 0 heterocycles. The molecule has 0 spiro atoms. The van der Waals surface area contributed by atoms with Gasteiger partial charge in [0, 0.05) is 28.4 Å². The zero-order valence-electron chi connectivity index (χ0n) is 16.8. The van der Waals surface area contributed by atoms with Gasteiger partial charge in [-0.05, 0) is 36.5 Å². The molecule has 1 fully saturated rings. The molecule has 3 atom stereocenters. The van der Waals surface area contributed by atoms with Crippen LogP contribution >= 0.6 is 24.4 Å². The molecule has 4 N–H and O–H groups in total. The lowest BCUT2D eigenvalue weighted by atomic mass is 9.75. The van der Waals surface area contributed by atoms with Gasteiger partial charge in [-0.2, -0.15) is 26.3 Å². The van der Waals surface area contributed by atoms with E-state index in [-0.39, 0.29) is 28.8 Å². The number of carbonyl (C=O) groups is 1. The van der Waals surface area contributed by atoms with Gasteiger partial charge in [0.2, 0.25) is 5.91 Å². The van der Waals surface area contributed by atoms with E-state index in [0.717, 1.165) is 37.5 Å². The van der Waals surface area contributed by atoms with Gasteiger partial charge < -0.3 is 11.5 Å². The molecule has 0 saturated heterocycles. The number of benzene rings is 1. The largest absolute Gasteiger partial charge is 0.369 e. The van der Waals surface area contributed by atoms with Crippen molar-refractivity contribution in [1.82, 2.24) is 0 Å². The SMILES string of the molecule is CS(=O)(=O)OCC#N.NCCSc1ccc(C(S)C2CCCCC2C(N)=O)cc1F. The van der Waals surface area contributed by atoms with Gasteiger partial charge in [0.15, 0.2) is 6.61 Å². The van der Waals surface area contributed by atoms with Crippen molar-refractivity contribution in [1.29, 1.82) is 5.26 Å². The Labute approximate surface area is 187 Å². The van der Waals surface area contributed by atoms with Gasteiger partial charge in [-0.25, -0.2) is 4.39 Å². The number of nitrogens with two attached hydrogens (primary N) is 2. The van der Waals surface area contributed by atoms with E-state index in [1.54, 1.807) is 6.07 Å². The highest BCUT2D eigenvalue weighted by Crippen LogP contribution is 2.42. The lowest BCUT2D eigenvalue weighted by Gasteiger charge is -2.33. The molecule has 2 rings (SSSR count). The van der Waals surface area contributed by atoms with Crippen LogP contribution in [-0.4, -0.2) is 39.5 Å². The van der Waals surface area contributed by atoms with Crippen LogP contribution in [0.4, 0.5) is 4.39 Å². The van der Waals surface area contributed by atoms with Crippen molar-refractivity contribution in [2.75, 3.05) is 25.2 Å². The van der Waals surface area contributed by atoms with Crippen LogP contribution in [-0.2, 0) is 19.1 Å². The van der Waals surface area contributed by atoms with E-state index >= 15 is 0 Å². The maximum Gasteiger partial charge on any atom is 0.265 e. The number of thiol groups is 1. The number of carbonyl (C=O) groups excluding carboxylic acids is 1. The third-order valence-corrected chi connectivity index (χ3v) is 6.91. The fraction of sp³-hybridized carbons (Fsp3) is 0.579. The van der Waals surface area contributed by atoms with Crippen molar-refractivity contribution in [2.24, 2.45) is 23.3 Å². The molecule has 30 heavy (non-hydrogen) atoms. The van der Waals surface area contributed by atoms with Gasteiger partial charge in [-0.15, -0.1) is 11.8 Å². The first-order chi connectivity index (χ1) is 14.1. The Morgan fingerprint density at radius 1 is 1.43 bits per heavy atom. The minimum atomic E-state index is -3.41. The lowest BCUT2D eigenvalue weighted by molar-refractivity contribution is -0.124. The van der Waals surface area contributed by atoms with E-state index in [0.29, 0.717) is 17.2 Å². The van der Waals surface area contributed by atoms with Crippen LogP contribution < -0.4 is 11.5 Å². The molecule has 0 radical (unpaired) electrons. The normalized spacial score (nSPS) is 19.8. The molecule has 1 aliphatic carbocycles. The van der Waals surface area contributed by atoms with Crippen LogP contribution in [0.3, 0.4) is 0 Å². The van der Waals surface area contributed by atoms with Crippen molar-refractivity contribution in [3.8, 4) is 6.07 Å². The Bertz CT molecular complexity index is 846. The highest BCUT2D eigenvalue weighted by atomic mass is 32.2. The summed E-state index contributed by atoms with van der Waals surface area (Å²) in [6.07, 6.45) is 4.70. The first kappa shape index (κ1) is 26.7. The molecular formula is C19H28FN3O4S3. The molecule has 0 aliphatic heterocycles. The molecule has 1 amide bonds. The second-order valence-electron chi connectivity index (χ2n) is 6.85. The van der Waals surface area contributed by atoms with Gasteiger partial charge in [0.1, 0.15) is 5.82 Å². The van der Waals surface area contributed by atoms with Crippen LogP contribution in [0.1, 0.15) is 36.5 Å². The fourth-order valence-electron chi connectivity index (χ4n) is 3.26. The highest BCUT2D eigenvalue weighted by Gasteiger charge is 2.34. The Morgan fingerprint density at radius 2 is 2.10 bits per heavy atom. The topological polar surface area (TPSA) is 136 Å². The summed E-state index contributed by atoms with van der Waals surface area (Å²) in [7, 11) is -3.41. The minimum absolute atomic E-state index is 0.0801. The maximum absolute atomic E-state index is 14.2. The summed E-state index contributed by atoms with van der Waals surface area (Å²) in [5.41, 5.74) is 11.8. The number of halogens is 1. The predicted molar refractivity (Wildman–Crippen MR) is 119 cm³/mol. The quantitative estimate of drug-likeness (QED) is 0.297. The zero-order valence-corrected chi connectivity index (χ0v) is 19.3. The van der Waals surface area contributed by atoms with Gasteiger partial charge in [0.25, 0.3) is 10.1 Å². The second kappa shape index (κ2) is 13.2. The molecule has 0 bridgehead atoms. The Morgan fingerprint density at radius 3 is 2.60 bits per heavy atom. The maximum atomic E-state index is 14.2. The molecule has 7 nitrogen and oxygen atoms in total. The third-order valence-electron chi connectivity index (χ3n) is 4.60. The summed E-state index contributed by atoms with van der Waals surface area (Å²) in [6, 6.07) is 6.72. The third kappa shape index (κ3) is 9.22. The van der Waals surface area contributed by atoms with Crippen LogP contribution in [0.2, 0.25) is 0 Å². The van der Waals surface area contributed by atoms with Crippen molar-refractivity contribution < 1.29 is 21.8 Å². The van der Waals surface area contributed by atoms with E-state index in [2.05, 4.69) is 16.8 Å². The zero-order chi connectivity index (χ0) is 22.7. The van der Waals surface area contributed by atoms with Crippen molar-refractivity contribution in [3.05, 3.63) is 29.6 Å². The monoisotopic (exact) mass is 477 g/mol. The Hall–Kier alpha value is -1.32. The average molecular weight is 478 g/mol. The smallest absolute Gasteiger partial charge is 0.265 e. The first-order valence-corrected chi connectivity index (χ1v) is 12.7. The van der Waals surface area contributed by atoms with Crippen LogP contribution in [0.25, 0.3) is 0 Å². The fourth-order valence-corrected chi connectivity index (χ4v) is 4.74. The predicted octanol–water partition coefficient (Wildman–Crippen LogP) is 2.63. The summed E-state index contributed by atoms with van der Waals surface area (Å²) in [4.78, 5) is 12.2. The lowest BCUT2D eigenvalue weighted by Crippen LogP contribution is -2.34. The molecule has 1 saturated carbocycles. The number of primary amides is 1. The van der Waals surface area contributed by atoms with Crippen molar-refractivity contribution in [2.45, 2.75) is 35.8 Å². The van der Waals surface area contributed by atoms with Gasteiger partial charge in [-0.3, -0.25) is 8.98 Å². The van der Waals surface area contributed by atoms with Gasteiger partial charge >= 0.3 is 0 Å². The molecule has 3 unspecified atom stereocenters. The Balaban J connectivity index is 0.000000479. The molecule has 0 aromatic heterocycles. The van der Waals surface area contributed by atoms with Gasteiger partial charge in [0.05, 0.1) is 12.3 Å². The molecule has 168 valence electrons. The van der Waals surface area contributed by atoms with E-state index in [1.165, 1.54) is 23.9 Å². The first-order valence-electron chi connectivity index (χ1n) is 9.41. The number of hydrogen-bond donors (Lipinski definition) is 3. The standard InChI is InChI=1S/C16H23FN2OS2.C3H5NO3S/c17-13-9-10(5-6-14(13)22-8-7-18)15(21)11-3-1-2-4-12(11)16(19)20;1-8(5,6)7-3-2-4/h5-6,9,11-12,15,21H,1-4,7-8,18H2,(H2,19,20);3H2,1H3. The summed E-state index contributed by atoms with van der Waals surface area (Å²) >= 11 is 6.08. The number of nitrogens with zero attached hydrogens (tertiary/aromatic N) is 1. The molecule has 1 aromatic rings. The van der Waals surface area contributed by atoms with E-state index < -0.39 is 16.7 Å². The molecule has 1 aromatic carbocycles. The van der Waals surface area contributed by atoms with E-state index in [1.807, 2.05) is 6.07 Å². The van der Waals surface area contributed by atoms with Crippen LogP contribution in [0, 0.1) is 29.0 Å². The van der Waals surface area contributed by atoms with Crippen LogP contribution in [0.5, 0.6) is 0 Å². The van der Waals surface area contributed by atoms with Crippen molar-refractivity contribution in [3.63, 3.8) is 0 Å². The summed E-state index contributed by atoms with van der Waals surface area (Å²) < 4.78 is 38.2. The minimum Gasteiger partial charge on any atom is -0.369 e. The molecule has 11 heteroatoms.